The lowest BCUT2D eigenvalue weighted by Gasteiger charge is -2.33. The fourth-order valence-corrected chi connectivity index (χ4v) is 5.46. The van der Waals surface area contributed by atoms with Crippen molar-refractivity contribution in [1.29, 1.82) is 0 Å². The quantitative estimate of drug-likeness (QED) is 0.571. The van der Waals surface area contributed by atoms with Crippen LogP contribution in [0.5, 0.6) is 0 Å². The van der Waals surface area contributed by atoms with E-state index in [9.17, 15) is 9.59 Å². The third kappa shape index (κ3) is 4.88. The molecule has 170 valence electrons. The SMILES string of the molecule is Cc1sc2ncn(CCC(=O)NCc3ccc(N(C)C4CCCCC4)cc3)c(=O)c2c1C. The molecule has 1 fully saturated rings. The highest BCUT2D eigenvalue weighted by molar-refractivity contribution is 7.18. The predicted molar refractivity (Wildman–Crippen MR) is 132 cm³/mol. The molecule has 1 aliphatic carbocycles. The number of hydrogen-bond acceptors (Lipinski definition) is 5. The van der Waals surface area contributed by atoms with Gasteiger partial charge in [-0.15, -0.1) is 11.3 Å². The van der Waals surface area contributed by atoms with Crippen molar-refractivity contribution in [2.24, 2.45) is 0 Å². The maximum absolute atomic E-state index is 12.7. The molecule has 2 aromatic heterocycles. The number of anilines is 1. The fourth-order valence-electron chi connectivity index (χ4n) is 4.47. The Kier molecular flexibility index (Phi) is 6.94. The number of nitrogens with zero attached hydrogens (tertiary/aromatic N) is 3. The molecule has 0 atom stereocenters. The van der Waals surface area contributed by atoms with Crippen molar-refractivity contribution in [2.45, 2.75) is 71.5 Å². The number of amides is 1. The van der Waals surface area contributed by atoms with E-state index in [2.05, 4.69) is 46.5 Å². The van der Waals surface area contributed by atoms with E-state index < -0.39 is 0 Å². The summed E-state index contributed by atoms with van der Waals surface area (Å²) in [6, 6.07) is 9.08. The third-order valence-electron chi connectivity index (χ3n) is 6.69. The topological polar surface area (TPSA) is 67.2 Å². The smallest absolute Gasteiger partial charge is 0.262 e. The van der Waals surface area contributed by atoms with Crippen LogP contribution in [0.3, 0.4) is 0 Å². The first kappa shape index (κ1) is 22.5. The summed E-state index contributed by atoms with van der Waals surface area (Å²) in [7, 11) is 2.18. The summed E-state index contributed by atoms with van der Waals surface area (Å²) < 4.78 is 1.54. The molecule has 1 aromatic carbocycles. The van der Waals surface area contributed by atoms with E-state index in [0.717, 1.165) is 20.8 Å². The highest BCUT2D eigenvalue weighted by Crippen LogP contribution is 2.27. The summed E-state index contributed by atoms with van der Waals surface area (Å²) in [5.41, 5.74) is 3.22. The van der Waals surface area contributed by atoms with Gasteiger partial charge in [0, 0.05) is 43.2 Å². The molecule has 6 nitrogen and oxygen atoms in total. The summed E-state index contributed by atoms with van der Waals surface area (Å²) in [5.74, 6) is -0.0707. The maximum Gasteiger partial charge on any atom is 0.262 e. The fraction of sp³-hybridized carbons (Fsp3) is 0.480. The average Bonchev–Trinajstić information content (AvgIpc) is 3.11. The zero-order valence-electron chi connectivity index (χ0n) is 19.2. The summed E-state index contributed by atoms with van der Waals surface area (Å²) in [6.45, 7) is 4.76. The lowest BCUT2D eigenvalue weighted by Crippen LogP contribution is -2.33. The van der Waals surface area contributed by atoms with Gasteiger partial charge < -0.3 is 10.2 Å². The second-order valence-corrected chi connectivity index (χ2v) is 10.0. The minimum absolute atomic E-state index is 0.0673. The van der Waals surface area contributed by atoms with Crippen LogP contribution in [0.25, 0.3) is 10.2 Å². The minimum Gasteiger partial charge on any atom is -0.372 e. The van der Waals surface area contributed by atoms with Crippen LogP contribution in [0.2, 0.25) is 0 Å². The van der Waals surface area contributed by atoms with Gasteiger partial charge in [-0.2, -0.15) is 0 Å². The van der Waals surface area contributed by atoms with Gasteiger partial charge in [-0.3, -0.25) is 14.2 Å². The van der Waals surface area contributed by atoms with Crippen LogP contribution in [0, 0.1) is 13.8 Å². The Balaban J connectivity index is 1.29. The predicted octanol–water partition coefficient (Wildman–Crippen LogP) is 4.55. The number of fused-ring (bicyclic) bond motifs is 1. The summed E-state index contributed by atoms with van der Waals surface area (Å²) >= 11 is 1.54. The first-order valence-corrected chi connectivity index (χ1v) is 12.3. The Hall–Kier alpha value is -2.67. The van der Waals surface area contributed by atoms with Gasteiger partial charge in [0.1, 0.15) is 4.83 Å². The van der Waals surface area contributed by atoms with Gasteiger partial charge in [0.2, 0.25) is 5.91 Å². The number of thiophene rings is 1. The Morgan fingerprint density at radius 3 is 2.62 bits per heavy atom. The molecule has 0 saturated heterocycles. The zero-order chi connectivity index (χ0) is 22.7. The normalized spacial score (nSPS) is 14.6. The molecule has 32 heavy (non-hydrogen) atoms. The second-order valence-electron chi connectivity index (χ2n) is 8.80. The van der Waals surface area contributed by atoms with Gasteiger partial charge in [-0.05, 0) is 49.9 Å². The van der Waals surface area contributed by atoms with Crippen LogP contribution in [0.15, 0.2) is 35.4 Å². The number of carbonyl (C=O) groups excluding carboxylic acids is 1. The Morgan fingerprint density at radius 2 is 1.91 bits per heavy atom. The molecule has 0 radical (unpaired) electrons. The number of nitrogens with one attached hydrogen (secondary N) is 1. The van der Waals surface area contributed by atoms with Crippen molar-refractivity contribution < 1.29 is 4.79 Å². The first-order valence-electron chi connectivity index (χ1n) is 11.5. The molecule has 1 amide bonds. The lowest BCUT2D eigenvalue weighted by atomic mass is 9.94. The Morgan fingerprint density at radius 1 is 1.19 bits per heavy atom. The minimum atomic E-state index is -0.0707. The maximum atomic E-state index is 12.7. The largest absolute Gasteiger partial charge is 0.372 e. The van der Waals surface area contributed by atoms with Gasteiger partial charge in [-0.1, -0.05) is 31.4 Å². The van der Waals surface area contributed by atoms with Gasteiger partial charge in [-0.25, -0.2) is 4.98 Å². The van der Waals surface area contributed by atoms with Crippen molar-refractivity contribution in [2.75, 3.05) is 11.9 Å². The van der Waals surface area contributed by atoms with Crippen molar-refractivity contribution in [3.8, 4) is 0 Å². The van der Waals surface area contributed by atoms with Gasteiger partial charge in [0.05, 0.1) is 11.7 Å². The van der Waals surface area contributed by atoms with Crippen molar-refractivity contribution in [3.63, 3.8) is 0 Å². The Labute approximate surface area is 193 Å². The summed E-state index contributed by atoms with van der Waals surface area (Å²) in [5, 5.41) is 3.64. The van der Waals surface area contributed by atoms with E-state index in [1.165, 1.54) is 53.7 Å². The number of aromatic nitrogens is 2. The van der Waals surface area contributed by atoms with Crippen LogP contribution < -0.4 is 15.8 Å². The van der Waals surface area contributed by atoms with Crippen molar-refractivity contribution in [1.82, 2.24) is 14.9 Å². The highest BCUT2D eigenvalue weighted by atomic mass is 32.1. The second kappa shape index (κ2) is 9.86. The molecule has 4 rings (SSSR count). The molecule has 1 saturated carbocycles. The number of rotatable bonds is 7. The van der Waals surface area contributed by atoms with Crippen LogP contribution in [-0.2, 0) is 17.9 Å². The number of benzene rings is 1. The highest BCUT2D eigenvalue weighted by Gasteiger charge is 2.18. The average molecular weight is 453 g/mol. The molecule has 0 unspecified atom stereocenters. The molecule has 0 bridgehead atoms. The van der Waals surface area contributed by atoms with E-state index in [0.29, 0.717) is 24.5 Å². The molecule has 7 heteroatoms. The van der Waals surface area contributed by atoms with E-state index in [-0.39, 0.29) is 17.9 Å². The Bertz CT molecular complexity index is 1140. The monoisotopic (exact) mass is 452 g/mol. The molecule has 1 aliphatic rings. The zero-order valence-corrected chi connectivity index (χ0v) is 20.0. The number of hydrogen-bond donors (Lipinski definition) is 1. The van der Waals surface area contributed by atoms with E-state index in [4.69, 9.17) is 0 Å². The first-order chi connectivity index (χ1) is 15.4. The summed E-state index contributed by atoms with van der Waals surface area (Å²) in [4.78, 5) is 33.8. The van der Waals surface area contributed by atoms with E-state index in [1.54, 1.807) is 6.33 Å². The molecule has 0 spiro atoms. The molecular weight excluding hydrogens is 420 g/mol. The van der Waals surface area contributed by atoms with E-state index in [1.807, 2.05) is 13.8 Å². The number of carbonyl (C=O) groups is 1. The van der Waals surface area contributed by atoms with Gasteiger partial charge in [0.25, 0.3) is 5.56 Å². The lowest BCUT2D eigenvalue weighted by molar-refractivity contribution is -0.121. The van der Waals surface area contributed by atoms with Gasteiger partial charge >= 0.3 is 0 Å². The van der Waals surface area contributed by atoms with Crippen LogP contribution in [-0.4, -0.2) is 28.5 Å². The van der Waals surface area contributed by atoms with Crippen molar-refractivity contribution in [3.05, 3.63) is 57.0 Å². The van der Waals surface area contributed by atoms with E-state index >= 15 is 0 Å². The van der Waals surface area contributed by atoms with Crippen molar-refractivity contribution >= 4 is 33.1 Å². The van der Waals surface area contributed by atoms with Crippen LogP contribution >= 0.6 is 11.3 Å². The summed E-state index contributed by atoms with van der Waals surface area (Å²) in [6.07, 6.45) is 8.34. The van der Waals surface area contributed by atoms with Gasteiger partial charge in [0.15, 0.2) is 0 Å². The van der Waals surface area contributed by atoms with Crippen LogP contribution in [0.1, 0.15) is 54.5 Å². The molecule has 3 aromatic rings. The molecule has 2 heterocycles. The molecule has 1 N–H and O–H groups in total. The molecule has 0 aliphatic heterocycles. The molecular formula is C25H32N4O2S. The number of aryl methyl sites for hydroxylation is 3. The standard InChI is InChI=1S/C25H32N4O2S/c1-17-18(2)32-24-23(17)25(31)29(16-27-24)14-13-22(30)26-15-19-9-11-21(12-10-19)28(3)20-7-5-4-6-8-20/h9-12,16,20H,4-8,13-15H2,1-3H3,(H,26,30). The van der Waals surface area contributed by atoms with Crippen LogP contribution in [0.4, 0.5) is 5.69 Å². The third-order valence-corrected chi connectivity index (χ3v) is 7.81.